The summed E-state index contributed by atoms with van der Waals surface area (Å²) in [4.78, 5) is 0. The van der Waals surface area contributed by atoms with E-state index in [9.17, 15) is 5.11 Å². The molecule has 3 nitrogen and oxygen atoms in total. The van der Waals surface area contributed by atoms with Gasteiger partial charge in [0.15, 0.2) is 0 Å². The number of thioether (sulfide) groups is 1. The van der Waals surface area contributed by atoms with Gasteiger partial charge < -0.3 is 14.8 Å². The molecule has 2 aromatic rings. The van der Waals surface area contributed by atoms with Crippen molar-refractivity contribution < 1.29 is 9.52 Å². The molecular weight excluding hydrogens is 258 g/mol. The van der Waals surface area contributed by atoms with Crippen LogP contribution in [-0.4, -0.2) is 17.9 Å². The third-order valence-electron chi connectivity index (χ3n) is 2.83. The van der Waals surface area contributed by atoms with E-state index in [-0.39, 0.29) is 0 Å². The second-order valence-electron chi connectivity index (χ2n) is 4.36. The fourth-order valence-corrected chi connectivity index (χ4v) is 2.30. The predicted molar refractivity (Wildman–Crippen MR) is 79.0 cm³/mol. The molecule has 0 amide bonds. The van der Waals surface area contributed by atoms with Crippen molar-refractivity contribution in [2.45, 2.75) is 18.4 Å². The molecule has 19 heavy (non-hydrogen) atoms. The maximum absolute atomic E-state index is 9.99. The van der Waals surface area contributed by atoms with E-state index in [1.807, 2.05) is 42.5 Å². The minimum Gasteiger partial charge on any atom is -0.464 e. The second-order valence-corrected chi connectivity index (χ2v) is 5.22. The first-order chi connectivity index (χ1) is 9.29. The van der Waals surface area contributed by atoms with Crippen LogP contribution in [0.5, 0.6) is 0 Å². The average molecular weight is 277 g/mol. The largest absolute Gasteiger partial charge is 0.464 e. The van der Waals surface area contributed by atoms with E-state index < -0.39 is 6.10 Å². The van der Waals surface area contributed by atoms with Crippen LogP contribution >= 0.6 is 11.8 Å². The van der Waals surface area contributed by atoms with Crippen LogP contribution in [0.3, 0.4) is 0 Å². The summed E-state index contributed by atoms with van der Waals surface area (Å²) >= 11 is 1.74. The van der Waals surface area contributed by atoms with Gasteiger partial charge in [-0.1, -0.05) is 30.3 Å². The van der Waals surface area contributed by atoms with Crippen LogP contribution in [-0.2, 0) is 12.3 Å². The molecular formula is C15H19NO2S. The number of rotatable bonds is 7. The Morgan fingerprint density at radius 3 is 2.63 bits per heavy atom. The Kier molecular flexibility index (Phi) is 5.51. The average Bonchev–Trinajstić information content (AvgIpc) is 2.88. The van der Waals surface area contributed by atoms with Crippen molar-refractivity contribution in [3.63, 3.8) is 0 Å². The van der Waals surface area contributed by atoms with Gasteiger partial charge in [0.2, 0.25) is 0 Å². The smallest absolute Gasteiger partial charge is 0.118 e. The minimum atomic E-state index is -0.484. The third-order valence-corrected chi connectivity index (χ3v) is 3.40. The quantitative estimate of drug-likeness (QED) is 0.817. The number of benzene rings is 1. The fraction of sp³-hybridized carbons (Fsp3) is 0.333. The summed E-state index contributed by atoms with van der Waals surface area (Å²) < 4.78 is 5.65. The summed E-state index contributed by atoms with van der Waals surface area (Å²) in [6.45, 7) is 1.15. The molecule has 0 aliphatic heterocycles. The predicted octanol–water partition coefficient (Wildman–Crippen LogP) is 2.97. The molecule has 1 aromatic heterocycles. The molecule has 1 unspecified atom stereocenters. The van der Waals surface area contributed by atoms with E-state index in [2.05, 4.69) is 11.6 Å². The molecule has 0 saturated carbocycles. The Hall–Kier alpha value is -1.23. The van der Waals surface area contributed by atoms with Crippen molar-refractivity contribution in [3.8, 4) is 0 Å². The van der Waals surface area contributed by atoms with Crippen LogP contribution < -0.4 is 5.32 Å². The van der Waals surface area contributed by atoms with Crippen molar-refractivity contribution in [1.29, 1.82) is 0 Å². The maximum atomic E-state index is 9.99. The van der Waals surface area contributed by atoms with Gasteiger partial charge in [-0.3, -0.25) is 0 Å². The van der Waals surface area contributed by atoms with Crippen LogP contribution in [0.15, 0.2) is 46.9 Å². The minimum absolute atomic E-state index is 0.484. The Labute approximate surface area is 118 Å². The summed E-state index contributed by atoms with van der Waals surface area (Å²) in [7, 11) is 0. The van der Waals surface area contributed by atoms with E-state index in [0.29, 0.717) is 13.1 Å². The van der Waals surface area contributed by atoms with Gasteiger partial charge in [-0.25, -0.2) is 0 Å². The van der Waals surface area contributed by atoms with Crippen molar-refractivity contribution in [1.82, 2.24) is 5.32 Å². The molecule has 0 aliphatic carbocycles. The number of hydrogen-bond acceptors (Lipinski definition) is 4. The highest BCUT2D eigenvalue weighted by atomic mass is 32.2. The molecule has 1 aromatic carbocycles. The van der Waals surface area contributed by atoms with Crippen molar-refractivity contribution in [3.05, 3.63) is 59.5 Å². The van der Waals surface area contributed by atoms with Gasteiger partial charge in [-0.05, 0) is 24.0 Å². The standard InChI is InChI=1S/C15H19NO2S/c1-19-11-14-8-7-13(18-14)9-16-10-15(17)12-5-3-2-4-6-12/h2-8,15-17H,9-11H2,1H3. The first kappa shape index (κ1) is 14.2. The lowest BCUT2D eigenvalue weighted by Gasteiger charge is -2.11. The molecule has 1 atom stereocenters. The molecule has 2 rings (SSSR count). The van der Waals surface area contributed by atoms with Gasteiger partial charge in [-0.2, -0.15) is 11.8 Å². The molecule has 0 aliphatic rings. The first-order valence-electron chi connectivity index (χ1n) is 6.30. The number of hydrogen-bond donors (Lipinski definition) is 2. The summed E-state index contributed by atoms with van der Waals surface area (Å²) in [5, 5.41) is 13.2. The zero-order valence-corrected chi connectivity index (χ0v) is 11.8. The highest BCUT2D eigenvalue weighted by Crippen LogP contribution is 2.14. The highest BCUT2D eigenvalue weighted by molar-refractivity contribution is 7.97. The molecule has 0 bridgehead atoms. The van der Waals surface area contributed by atoms with Crippen molar-refractivity contribution in [2.24, 2.45) is 0 Å². The monoisotopic (exact) mass is 277 g/mol. The molecule has 0 spiro atoms. The zero-order valence-electron chi connectivity index (χ0n) is 11.0. The van der Waals surface area contributed by atoms with E-state index in [0.717, 1.165) is 22.8 Å². The molecule has 102 valence electrons. The Bertz CT molecular complexity index is 484. The van der Waals surface area contributed by atoms with Gasteiger partial charge >= 0.3 is 0 Å². The lowest BCUT2D eigenvalue weighted by atomic mass is 10.1. The van der Waals surface area contributed by atoms with E-state index in [1.165, 1.54) is 0 Å². The third kappa shape index (κ3) is 4.42. The molecule has 0 radical (unpaired) electrons. The normalized spacial score (nSPS) is 12.5. The van der Waals surface area contributed by atoms with Gasteiger partial charge in [-0.15, -0.1) is 0 Å². The number of aliphatic hydroxyl groups excluding tert-OH is 1. The van der Waals surface area contributed by atoms with Crippen LogP contribution in [0.1, 0.15) is 23.2 Å². The Morgan fingerprint density at radius 2 is 1.89 bits per heavy atom. The molecule has 1 heterocycles. The number of aliphatic hydroxyl groups is 1. The summed E-state index contributed by atoms with van der Waals surface area (Å²) in [6, 6.07) is 13.6. The van der Waals surface area contributed by atoms with Crippen LogP contribution in [0.25, 0.3) is 0 Å². The summed E-state index contributed by atoms with van der Waals surface area (Å²) in [6.07, 6.45) is 1.57. The second kappa shape index (κ2) is 7.38. The molecule has 0 fully saturated rings. The highest BCUT2D eigenvalue weighted by Gasteiger charge is 2.07. The van der Waals surface area contributed by atoms with Crippen LogP contribution in [0, 0.1) is 0 Å². The molecule has 4 heteroatoms. The van der Waals surface area contributed by atoms with E-state index >= 15 is 0 Å². The lowest BCUT2D eigenvalue weighted by Crippen LogP contribution is -2.20. The van der Waals surface area contributed by atoms with Crippen molar-refractivity contribution in [2.75, 3.05) is 12.8 Å². The summed E-state index contributed by atoms with van der Waals surface area (Å²) in [5.74, 6) is 2.80. The van der Waals surface area contributed by atoms with E-state index in [4.69, 9.17) is 4.42 Å². The molecule has 2 N–H and O–H groups in total. The van der Waals surface area contributed by atoms with Gasteiger partial charge in [0, 0.05) is 6.54 Å². The Balaban J connectivity index is 1.76. The van der Waals surface area contributed by atoms with Gasteiger partial charge in [0.05, 0.1) is 18.4 Å². The summed E-state index contributed by atoms with van der Waals surface area (Å²) in [5.41, 5.74) is 0.928. The molecule has 0 saturated heterocycles. The van der Waals surface area contributed by atoms with Gasteiger partial charge in [0.25, 0.3) is 0 Å². The van der Waals surface area contributed by atoms with E-state index in [1.54, 1.807) is 11.8 Å². The first-order valence-corrected chi connectivity index (χ1v) is 7.69. The SMILES string of the molecule is CSCc1ccc(CNCC(O)c2ccccc2)o1. The Morgan fingerprint density at radius 1 is 1.16 bits per heavy atom. The fourth-order valence-electron chi connectivity index (χ4n) is 1.86. The van der Waals surface area contributed by atoms with Gasteiger partial charge in [0.1, 0.15) is 11.5 Å². The number of nitrogens with one attached hydrogen (secondary N) is 1. The van der Waals surface area contributed by atoms with Crippen LogP contribution in [0.4, 0.5) is 0 Å². The maximum Gasteiger partial charge on any atom is 0.118 e. The lowest BCUT2D eigenvalue weighted by molar-refractivity contribution is 0.173. The zero-order chi connectivity index (χ0) is 13.5. The van der Waals surface area contributed by atoms with Crippen molar-refractivity contribution >= 4 is 11.8 Å². The topological polar surface area (TPSA) is 45.4 Å². The number of furan rings is 1. The van der Waals surface area contributed by atoms with Crippen LogP contribution in [0.2, 0.25) is 0 Å².